The average molecular weight is 239 g/mol. The predicted molar refractivity (Wildman–Crippen MR) is 63.3 cm³/mol. The standard InChI is InChI=1S/C12H17NO4/c1-3-8(7-14)13-12(16)10-5-4-9(17-2)6-11(10)15/h4-6,8,14-15H,3,7H2,1-2H3,(H,13,16)/t8-/m0/s1. The van der Waals surface area contributed by atoms with E-state index >= 15 is 0 Å². The van der Waals surface area contributed by atoms with Crippen LogP contribution in [0.1, 0.15) is 23.7 Å². The Morgan fingerprint density at radius 1 is 1.53 bits per heavy atom. The van der Waals surface area contributed by atoms with Gasteiger partial charge < -0.3 is 20.3 Å². The second-order valence-corrected chi connectivity index (χ2v) is 3.64. The first-order valence-electron chi connectivity index (χ1n) is 5.41. The Morgan fingerprint density at radius 2 is 2.24 bits per heavy atom. The number of aliphatic hydroxyl groups excluding tert-OH is 1. The molecule has 1 aromatic rings. The molecule has 1 amide bonds. The van der Waals surface area contributed by atoms with Crippen LogP contribution in [0.5, 0.6) is 11.5 Å². The topological polar surface area (TPSA) is 78.8 Å². The smallest absolute Gasteiger partial charge is 0.255 e. The van der Waals surface area contributed by atoms with Gasteiger partial charge in [-0.1, -0.05) is 6.92 Å². The Bertz CT molecular complexity index is 388. The highest BCUT2D eigenvalue weighted by molar-refractivity contribution is 5.97. The Kier molecular flexibility index (Phi) is 4.78. The van der Waals surface area contributed by atoms with Crippen LogP contribution in [0.15, 0.2) is 18.2 Å². The Hall–Kier alpha value is -1.75. The molecule has 0 aliphatic heterocycles. The van der Waals surface area contributed by atoms with Crippen LogP contribution in [0.2, 0.25) is 0 Å². The van der Waals surface area contributed by atoms with Gasteiger partial charge in [-0.05, 0) is 18.6 Å². The van der Waals surface area contributed by atoms with Crippen LogP contribution >= 0.6 is 0 Å². The zero-order chi connectivity index (χ0) is 12.8. The van der Waals surface area contributed by atoms with E-state index in [4.69, 9.17) is 9.84 Å². The Balaban J connectivity index is 2.82. The van der Waals surface area contributed by atoms with Crippen molar-refractivity contribution < 1.29 is 19.7 Å². The number of amides is 1. The SMILES string of the molecule is CC[C@@H](CO)NC(=O)c1ccc(OC)cc1O. The number of ether oxygens (including phenoxy) is 1. The molecule has 0 unspecified atom stereocenters. The average Bonchev–Trinajstić information content (AvgIpc) is 2.35. The van der Waals surface area contributed by atoms with Crippen molar-refractivity contribution >= 4 is 5.91 Å². The summed E-state index contributed by atoms with van der Waals surface area (Å²) >= 11 is 0. The molecule has 5 heteroatoms. The highest BCUT2D eigenvalue weighted by atomic mass is 16.5. The van der Waals surface area contributed by atoms with Crippen molar-refractivity contribution in [1.29, 1.82) is 0 Å². The molecule has 0 radical (unpaired) electrons. The van der Waals surface area contributed by atoms with E-state index in [1.54, 1.807) is 6.07 Å². The molecule has 0 heterocycles. The molecular weight excluding hydrogens is 222 g/mol. The van der Waals surface area contributed by atoms with Gasteiger partial charge in [0.05, 0.1) is 25.3 Å². The summed E-state index contributed by atoms with van der Waals surface area (Å²) in [5.74, 6) is -0.0751. The molecule has 3 N–H and O–H groups in total. The number of hydrogen-bond acceptors (Lipinski definition) is 4. The second kappa shape index (κ2) is 6.10. The van der Waals surface area contributed by atoms with E-state index in [2.05, 4.69) is 5.32 Å². The summed E-state index contributed by atoms with van der Waals surface area (Å²) in [6.07, 6.45) is 0.624. The van der Waals surface area contributed by atoms with Crippen molar-refractivity contribution in [2.75, 3.05) is 13.7 Å². The van der Waals surface area contributed by atoms with Gasteiger partial charge in [-0.25, -0.2) is 0 Å². The van der Waals surface area contributed by atoms with Gasteiger partial charge >= 0.3 is 0 Å². The number of phenols is 1. The van der Waals surface area contributed by atoms with Gasteiger partial charge in [0.15, 0.2) is 0 Å². The highest BCUT2D eigenvalue weighted by Gasteiger charge is 2.15. The number of nitrogens with one attached hydrogen (secondary N) is 1. The summed E-state index contributed by atoms with van der Waals surface area (Å²) in [6, 6.07) is 4.14. The molecule has 0 fully saturated rings. The van der Waals surface area contributed by atoms with E-state index in [-0.39, 0.29) is 24.0 Å². The summed E-state index contributed by atoms with van der Waals surface area (Å²) in [7, 11) is 1.48. The van der Waals surface area contributed by atoms with Crippen LogP contribution in [-0.4, -0.2) is 35.9 Å². The maximum Gasteiger partial charge on any atom is 0.255 e. The number of aliphatic hydroxyl groups is 1. The summed E-state index contributed by atoms with van der Waals surface area (Å²) < 4.78 is 4.92. The van der Waals surface area contributed by atoms with Crippen molar-refractivity contribution in [3.8, 4) is 11.5 Å². The van der Waals surface area contributed by atoms with Gasteiger partial charge in [-0.15, -0.1) is 0 Å². The van der Waals surface area contributed by atoms with Crippen molar-refractivity contribution in [3.63, 3.8) is 0 Å². The lowest BCUT2D eigenvalue weighted by Gasteiger charge is -2.14. The van der Waals surface area contributed by atoms with Crippen LogP contribution in [0.4, 0.5) is 0 Å². The number of benzene rings is 1. The molecule has 0 bridgehead atoms. The molecule has 0 saturated carbocycles. The molecular formula is C12H17NO4. The maximum absolute atomic E-state index is 11.8. The monoisotopic (exact) mass is 239 g/mol. The molecule has 1 atom stereocenters. The molecule has 0 saturated heterocycles. The van der Waals surface area contributed by atoms with Crippen LogP contribution in [0, 0.1) is 0 Å². The van der Waals surface area contributed by atoms with E-state index in [0.717, 1.165) is 0 Å². The first-order valence-corrected chi connectivity index (χ1v) is 5.41. The molecule has 17 heavy (non-hydrogen) atoms. The highest BCUT2D eigenvalue weighted by Crippen LogP contribution is 2.23. The van der Waals surface area contributed by atoms with Crippen LogP contribution in [-0.2, 0) is 0 Å². The minimum atomic E-state index is -0.411. The molecule has 0 spiro atoms. The Morgan fingerprint density at radius 3 is 2.71 bits per heavy atom. The largest absolute Gasteiger partial charge is 0.507 e. The maximum atomic E-state index is 11.8. The van der Waals surface area contributed by atoms with Crippen molar-refractivity contribution in [2.24, 2.45) is 0 Å². The van der Waals surface area contributed by atoms with E-state index in [1.807, 2.05) is 6.92 Å². The van der Waals surface area contributed by atoms with Gasteiger partial charge in [0, 0.05) is 6.07 Å². The zero-order valence-electron chi connectivity index (χ0n) is 9.93. The summed E-state index contributed by atoms with van der Waals surface area (Å²) in [4.78, 5) is 11.8. The van der Waals surface area contributed by atoms with E-state index in [9.17, 15) is 9.90 Å². The zero-order valence-corrected chi connectivity index (χ0v) is 9.93. The number of carbonyl (C=O) groups excluding carboxylic acids is 1. The first kappa shape index (κ1) is 13.3. The minimum absolute atomic E-state index is 0.126. The van der Waals surface area contributed by atoms with Gasteiger partial charge in [-0.3, -0.25) is 4.79 Å². The summed E-state index contributed by atoms with van der Waals surface area (Å²) in [6.45, 7) is 1.73. The molecule has 1 aromatic carbocycles. The van der Waals surface area contributed by atoms with Gasteiger partial charge in [0.2, 0.25) is 0 Å². The number of methoxy groups -OCH3 is 1. The lowest BCUT2D eigenvalue weighted by Crippen LogP contribution is -2.36. The van der Waals surface area contributed by atoms with E-state index in [1.165, 1.54) is 19.2 Å². The molecule has 94 valence electrons. The fraction of sp³-hybridized carbons (Fsp3) is 0.417. The summed E-state index contributed by atoms with van der Waals surface area (Å²) in [5.41, 5.74) is 0.165. The van der Waals surface area contributed by atoms with Gasteiger partial charge in [0.1, 0.15) is 11.5 Å². The van der Waals surface area contributed by atoms with Crippen LogP contribution < -0.4 is 10.1 Å². The summed E-state index contributed by atoms with van der Waals surface area (Å²) in [5, 5.41) is 21.2. The van der Waals surface area contributed by atoms with Gasteiger partial charge in [0.25, 0.3) is 5.91 Å². The predicted octanol–water partition coefficient (Wildman–Crippen LogP) is 0.902. The molecule has 5 nitrogen and oxygen atoms in total. The number of phenolic OH excluding ortho intramolecular Hbond substituents is 1. The fourth-order valence-corrected chi connectivity index (χ4v) is 1.37. The number of rotatable bonds is 5. The second-order valence-electron chi connectivity index (χ2n) is 3.64. The minimum Gasteiger partial charge on any atom is -0.507 e. The quantitative estimate of drug-likeness (QED) is 0.713. The number of aromatic hydroxyl groups is 1. The van der Waals surface area contributed by atoms with Crippen molar-refractivity contribution in [1.82, 2.24) is 5.32 Å². The number of carbonyl (C=O) groups is 1. The van der Waals surface area contributed by atoms with Crippen molar-refractivity contribution in [2.45, 2.75) is 19.4 Å². The lowest BCUT2D eigenvalue weighted by atomic mass is 10.1. The van der Waals surface area contributed by atoms with E-state index < -0.39 is 5.91 Å². The molecule has 0 aliphatic carbocycles. The molecule has 0 aromatic heterocycles. The molecule has 1 rings (SSSR count). The van der Waals surface area contributed by atoms with E-state index in [0.29, 0.717) is 12.2 Å². The van der Waals surface area contributed by atoms with Crippen molar-refractivity contribution in [3.05, 3.63) is 23.8 Å². The van der Waals surface area contributed by atoms with Crippen LogP contribution in [0.25, 0.3) is 0 Å². The third-order valence-corrected chi connectivity index (χ3v) is 2.50. The first-order chi connectivity index (χ1) is 8.12. The Labute approximate surface area is 100 Å². The fourth-order valence-electron chi connectivity index (χ4n) is 1.37. The third-order valence-electron chi connectivity index (χ3n) is 2.50. The lowest BCUT2D eigenvalue weighted by molar-refractivity contribution is 0.0912. The molecule has 0 aliphatic rings. The normalized spacial score (nSPS) is 11.9. The van der Waals surface area contributed by atoms with Crippen LogP contribution in [0.3, 0.4) is 0 Å². The third kappa shape index (κ3) is 3.35. The van der Waals surface area contributed by atoms with Gasteiger partial charge in [-0.2, -0.15) is 0 Å². The number of hydrogen-bond donors (Lipinski definition) is 3.